The number of carbonyl (C=O) groups excluding carboxylic acids is 1. The van der Waals surface area contributed by atoms with Crippen LogP contribution < -0.4 is 9.47 Å². The first-order chi connectivity index (χ1) is 12.6. The van der Waals surface area contributed by atoms with E-state index in [-0.39, 0.29) is 11.5 Å². The first kappa shape index (κ1) is 18.3. The topological polar surface area (TPSA) is 77.1 Å². The highest BCUT2D eigenvalue weighted by Crippen LogP contribution is 2.28. The first-order valence-electron chi connectivity index (χ1n) is 7.67. The van der Waals surface area contributed by atoms with Crippen LogP contribution in [-0.2, 0) is 0 Å². The van der Waals surface area contributed by atoms with E-state index in [1.54, 1.807) is 37.4 Å². The van der Waals surface area contributed by atoms with Crippen LogP contribution in [0.2, 0.25) is 5.02 Å². The molecule has 8 heteroatoms. The normalized spacial score (nSPS) is 10.6. The van der Waals surface area contributed by atoms with Crippen molar-refractivity contribution in [2.75, 3.05) is 20.0 Å². The molecule has 0 aliphatic carbocycles. The van der Waals surface area contributed by atoms with Gasteiger partial charge in [-0.1, -0.05) is 23.4 Å². The van der Waals surface area contributed by atoms with Gasteiger partial charge in [-0.3, -0.25) is 9.89 Å². The van der Waals surface area contributed by atoms with E-state index in [0.29, 0.717) is 33.1 Å². The quantitative estimate of drug-likeness (QED) is 0.484. The standard InChI is InChI=1S/C18H16ClN3O3S/c1-24-15-8-5-12(9-16(15)25-2)14(23)10-26-18-20-17(21-22-18)11-3-6-13(19)7-4-11/h3-9H,10H2,1-2H3,(H,20,21,22). The highest BCUT2D eigenvalue weighted by Gasteiger charge is 2.13. The summed E-state index contributed by atoms with van der Waals surface area (Å²) in [4.78, 5) is 16.8. The summed E-state index contributed by atoms with van der Waals surface area (Å²) in [6, 6.07) is 12.4. The van der Waals surface area contributed by atoms with E-state index in [0.717, 1.165) is 5.56 Å². The van der Waals surface area contributed by atoms with Gasteiger partial charge in [-0.2, -0.15) is 0 Å². The van der Waals surface area contributed by atoms with E-state index in [4.69, 9.17) is 21.1 Å². The fourth-order valence-electron chi connectivity index (χ4n) is 2.27. The maximum atomic E-state index is 12.4. The van der Waals surface area contributed by atoms with Crippen LogP contribution in [0.1, 0.15) is 10.4 Å². The summed E-state index contributed by atoms with van der Waals surface area (Å²) < 4.78 is 10.4. The Morgan fingerprint density at radius 2 is 1.85 bits per heavy atom. The zero-order valence-electron chi connectivity index (χ0n) is 14.2. The van der Waals surface area contributed by atoms with Gasteiger partial charge in [0.15, 0.2) is 23.1 Å². The molecule has 0 amide bonds. The van der Waals surface area contributed by atoms with Crippen LogP contribution in [0.15, 0.2) is 47.6 Å². The van der Waals surface area contributed by atoms with E-state index in [2.05, 4.69) is 15.2 Å². The lowest BCUT2D eigenvalue weighted by Gasteiger charge is -2.08. The summed E-state index contributed by atoms with van der Waals surface area (Å²) in [5.74, 6) is 1.90. The third-order valence-electron chi connectivity index (χ3n) is 3.62. The molecule has 0 fully saturated rings. The van der Waals surface area contributed by atoms with E-state index in [9.17, 15) is 4.79 Å². The number of hydrogen-bond donors (Lipinski definition) is 1. The number of ketones is 1. The number of aromatic nitrogens is 3. The molecule has 3 aromatic rings. The van der Waals surface area contributed by atoms with Gasteiger partial charge in [-0.05, 0) is 42.5 Å². The molecule has 26 heavy (non-hydrogen) atoms. The second kappa shape index (κ2) is 8.25. The van der Waals surface area contributed by atoms with Crippen molar-refractivity contribution in [2.24, 2.45) is 0 Å². The number of aromatic amines is 1. The summed E-state index contributed by atoms with van der Waals surface area (Å²) in [7, 11) is 3.09. The monoisotopic (exact) mass is 389 g/mol. The van der Waals surface area contributed by atoms with Crippen molar-refractivity contribution >= 4 is 29.1 Å². The molecule has 0 bridgehead atoms. The highest BCUT2D eigenvalue weighted by molar-refractivity contribution is 7.99. The van der Waals surface area contributed by atoms with Crippen molar-refractivity contribution in [3.8, 4) is 22.9 Å². The van der Waals surface area contributed by atoms with Crippen LogP contribution in [0.4, 0.5) is 0 Å². The zero-order chi connectivity index (χ0) is 18.5. The van der Waals surface area contributed by atoms with E-state index < -0.39 is 0 Å². The number of nitrogens with zero attached hydrogens (tertiary/aromatic N) is 2. The SMILES string of the molecule is COc1ccc(C(=O)CSc2n[nH]c(-c3ccc(Cl)cc3)n2)cc1OC. The zero-order valence-corrected chi connectivity index (χ0v) is 15.7. The number of rotatable bonds is 7. The van der Waals surface area contributed by atoms with Crippen molar-refractivity contribution in [3.05, 3.63) is 53.1 Å². The number of thioether (sulfide) groups is 1. The molecule has 1 heterocycles. The molecular weight excluding hydrogens is 374 g/mol. The minimum Gasteiger partial charge on any atom is -0.493 e. The molecule has 0 unspecified atom stereocenters. The molecule has 6 nitrogen and oxygen atoms in total. The molecule has 0 saturated carbocycles. The smallest absolute Gasteiger partial charge is 0.209 e. The number of nitrogens with one attached hydrogen (secondary N) is 1. The number of benzene rings is 2. The predicted octanol–water partition coefficient (Wildman–Crippen LogP) is 4.12. The predicted molar refractivity (Wildman–Crippen MR) is 101 cm³/mol. The van der Waals surface area contributed by atoms with Gasteiger partial charge in [-0.25, -0.2) is 4.98 Å². The Kier molecular flexibility index (Phi) is 5.80. The average Bonchev–Trinajstić information content (AvgIpc) is 3.15. The second-order valence-electron chi connectivity index (χ2n) is 5.26. The van der Waals surface area contributed by atoms with Crippen molar-refractivity contribution in [1.82, 2.24) is 15.2 Å². The van der Waals surface area contributed by atoms with Gasteiger partial charge >= 0.3 is 0 Å². The lowest BCUT2D eigenvalue weighted by Crippen LogP contribution is -2.03. The largest absolute Gasteiger partial charge is 0.493 e. The summed E-state index contributed by atoms with van der Waals surface area (Å²) >= 11 is 7.15. The fraction of sp³-hybridized carbons (Fsp3) is 0.167. The molecule has 2 aromatic carbocycles. The van der Waals surface area contributed by atoms with E-state index in [1.165, 1.54) is 18.9 Å². The van der Waals surface area contributed by atoms with Crippen molar-refractivity contribution in [2.45, 2.75) is 5.16 Å². The summed E-state index contributed by atoms with van der Waals surface area (Å²) in [5.41, 5.74) is 1.42. The van der Waals surface area contributed by atoms with Crippen LogP contribution in [-0.4, -0.2) is 40.9 Å². The number of H-pyrrole nitrogens is 1. The Morgan fingerprint density at radius 1 is 1.12 bits per heavy atom. The summed E-state index contributed by atoms with van der Waals surface area (Å²) in [6.45, 7) is 0. The fourth-order valence-corrected chi connectivity index (χ4v) is 3.09. The molecule has 0 saturated heterocycles. The number of Topliss-reactive ketones (excluding diaryl/α,β-unsaturated/α-hetero) is 1. The molecule has 3 rings (SSSR count). The van der Waals surface area contributed by atoms with Crippen LogP contribution in [0.5, 0.6) is 11.5 Å². The number of methoxy groups -OCH3 is 2. The van der Waals surface area contributed by atoms with Crippen LogP contribution in [0, 0.1) is 0 Å². The Hall–Kier alpha value is -2.51. The minimum atomic E-state index is -0.0474. The van der Waals surface area contributed by atoms with Crippen LogP contribution in [0.25, 0.3) is 11.4 Å². The van der Waals surface area contributed by atoms with Crippen molar-refractivity contribution < 1.29 is 14.3 Å². The molecule has 0 spiro atoms. The number of halogens is 1. The maximum Gasteiger partial charge on any atom is 0.209 e. The number of ether oxygens (including phenoxy) is 2. The molecule has 1 aromatic heterocycles. The van der Waals surface area contributed by atoms with Gasteiger partial charge in [-0.15, -0.1) is 5.10 Å². The molecule has 0 atom stereocenters. The van der Waals surface area contributed by atoms with E-state index in [1.807, 2.05) is 12.1 Å². The Balaban J connectivity index is 1.66. The lowest BCUT2D eigenvalue weighted by atomic mass is 10.1. The third-order valence-corrected chi connectivity index (χ3v) is 4.72. The van der Waals surface area contributed by atoms with Crippen LogP contribution >= 0.6 is 23.4 Å². The number of hydrogen-bond acceptors (Lipinski definition) is 6. The van der Waals surface area contributed by atoms with Crippen molar-refractivity contribution in [3.63, 3.8) is 0 Å². The second-order valence-corrected chi connectivity index (χ2v) is 6.63. The first-order valence-corrected chi connectivity index (χ1v) is 9.03. The average molecular weight is 390 g/mol. The third kappa shape index (κ3) is 4.17. The Bertz CT molecular complexity index is 912. The molecule has 1 N–H and O–H groups in total. The van der Waals surface area contributed by atoms with Gasteiger partial charge in [0.25, 0.3) is 0 Å². The van der Waals surface area contributed by atoms with Gasteiger partial charge in [0, 0.05) is 16.1 Å². The summed E-state index contributed by atoms with van der Waals surface area (Å²) in [5, 5.41) is 8.16. The van der Waals surface area contributed by atoms with Gasteiger partial charge < -0.3 is 9.47 Å². The minimum absolute atomic E-state index is 0.0474. The molecular formula is C18H16ClN3O3S. The van der Waals surface area contributed by atoms with Crippen molar-refractivity contribution in [1.29, 1.82) is 0 Å². The Morgan fingerprint density at radius 3 is 2.54 bits per heavy atom. The summed E-state index contributed by atoms with van der Waals surface area (Å²) in [6.07, 6.45) is 0. The maximum absolute atomic E-state index is 12.4. The molecule has 0 radical (unpaired) electrons. The molecule has 134 valence electrons. The van der Waals surface area contributed by atoms with Gasteiger partial charge in [0.2, 0.25) is 5.16 Å². The van der Waals surface area contributed by atoms with Gasteiger partial charge in [0.05, 0.1) is 20.0 Å². The van der Waals surface area contributed by atoms with E-state index >= 15 is 0 Å². The lowest BCUT2D eigenvalue weighted by molar-refractivity contribution is 0.102. The number of carbonyl (C=O) groups is 1. The highest BCUT2D eigenvalue weighted by atomic mass is 35.5. The van der Waals surface area contributed by atoms with Gasteiger partial charge in [0.1, 0.15) is 0 Å². The Labute approximate surface area is 159 Å². The van der Waals surface area contributed by atoms with Crippen LogP contribution in [0.3, 0.4) is 0 Å². The molecule has 0 aliphatic rings. The molecule has 0 aliphatic heterocycles.